The number of rotatable bonds is 4. The van der Waals surface area contributed by atoms with E-state index >= 15 is 0 Å². The lowest BCUT2D eigenvalue weighted by molar-refractivity contribution is -0.0160. The minimum atomic E-state index is -0.184. The van der Waals surface area contributed by atoms with Crippen molar-refractivity contribution in [2.24, 2.45) is 0 Å². The summed E-state index contributed by atoms with van der Waals surface area (Å²) >= 11 is 6.08. The van der Waals surface area contributed by atoms with E-state index in [0.29, 0.717) is 30.3 Å². The van der Waals surface area contributed by atoms with Gasteiger partial charge in [-0.1, -0.05) is 41.9 Å². The number of ether oxygens (including phenoxy) is 1. The van der Waals surface area contributed by atoms with Gasteiger partial charge in [0, 0.05) is 29.2 Å². The van der Waals surface area contributed by atoms with Crippen LogP contribution in [0.5, 0.6) is 0 Å². The lowest BCUT2D eigenvalue weighted by Crippen LogP contribution is -2.39. The number of morpholine rings is 1. The number of hydrogen-bond acceptors (Lipinski definition) is 3. The second-order valence-corrected chi connectivity index (χ2v) is 6.78. The first kappa shape index (κ1) is 17.2. The van der Waals surface area contributed by atoms with Gasteiger partial charge in [0.05, 0.1) is 31.1 Å². The molecular weight excluding hydrogens is 353 g/mol. The van der Waals surface area contributed by atoms with Crippen LogP contribution in [0.4, 0.5) is 4.39 Å². The van der Waals surface area contributed by atoms with Gasteiger partial charge in [-0.05, 0) is 18.2 Å². The van der Waals surface area contributed by atoms with Crippen molar-refractivity contribution in [2.45, 2.75) is 12.6 Å². The van der Waals surface area contributed by atoms with Gasteiger partial charge in [0.15, 0.2) is 0 Å². The van der Waals surface area contributed by atoms with Crippen LogP contribution in [0.3, 0.4) is 0 Å². The van der Waals surface area contributed by atoms with Crippen molar-refractivity contribution in [3.05, 3.63) is 77.0 Å². The fourth-order valence-electron chi connectivity index (χ4n) is 3.23. The van der Waals surface area contributed by atoms with Crippen LogP contribution in [0, 0.1) is 5.82 Å². The van der Waals surface area contributed by atoms with Crippen LogP contribution in [0.2, 0.25) is 5.02 Å². The summed E-state index contributed by atoms with van der Waals surface area (Å²) in [6, 6.07) is 14.5. The first-order valence-electron chi connectivity index (χ1n) is 8.57. The average Bonchev–Trinajstić information content (AvgIpc) is 3.14. The Hall–Kier alpha value is -2.21. The Balaban J connectivity index is 1.58. The normalized spacial score (nSPS) is 18.2. The van der Waals surface area contributed by atoms with Gasteiger partial charge < -0.3 is 9.72 Å². The van der Waals surface area contributed by atoms with Gasteiger partial charge in [-0.15, -0.1) is 0 Å². The van der Waals surface area contributed by atoms with Crippen molar-refractivity contribution in [3.63, 3.8) is 0 Å². The van der Waals surface area contributed by atoms with Crippen LogP contribution in [-0.2, 0) is 11.3 Å². The summed E-state index contributed by atoms with van der Waals surface area (Å²) in [4.78, 5) is 10.1. The van der Waals surface area contributed by atoms with Crippen molar-refractivity contribution >= 4 is 11.6 Å². The van der Waals surface area contributed by atoms with E-state index in [-0.39, 0.29) is 11.9 Å². The highest BCUT2D eigenvalue weighted by atomic mass is 35.5. The summed E-state index contributed by atoms with van der Waals surface area (Å²) in [5.41, 5.74) is 2.56. The summed E-state index contributed by atoms with van der Waals surface area (Å²) in [6.45, 7) is 2.41. The summed E-state index contributed by atoms with van der Waals surface area (Å²) in [7, 11) is 0. The topological polar surface area (TPSA) is 41.1 Å². The maximum Gasteiger partial charge on any atom is 0.127 e. The number of halogens is 2. The Kier molecular flexibility index (Phi) is 5.02. The van der Waals surface area contributed by atoms with E-state index in [0.717, 1.165) is 23.6 Å². The zero-order valence-electron chi connectivity index (χ0n) is 14.2. The number of nitrogens with one attached hydrogen (secondary N) is 1. The molecule has 134 valence electrons. The standard InChI is InChI=1S/C20H19ClFN3O/c21-16-6-3-5-14(10-16)18-11-23-20(24-18)19-13-26-9-8-25(19)12-15-4-1-2-7-17(15)22/h1-7,10-11,19H,8-9,12-13H2,(H,23,24)/t19-/m0/s1. The van der Waals surface area contributed by atoms with Gasteiger partial charge in [0.25, 0.3) is 0 Å². The molecule has 0 unspecified atom stereocenters. The second-order valence-electron chi connectivity index (χ2n) is 6.35. The van der Waals surface area contributed by atoms with E-state index in [1.54, 1.807) is 12.3 Å². The number of aromatic nitrogens is 2. The van der Waals surface area contributed by atoms with Gasteiger partial charge in [-0.3, -0.25) is 4.90 Å². The molecule has 0 saturated carbocycles. The third-order valence-corrected chi connectivity index (χ3v) is 4.85. The Bertz CT molecular complexity index is 898. The summed E-state index contributed by atoms with van der Waals surface area (Å²) in [5, 5.41) is 0.681. The molecule has 2 aromatic carbocycles. The van der Waals surface area contributed by atoms with Crippen molar-refractivity contribution in [3.8, 4) is 11.3 Å². The van der Waals surface area contributed by atoms with Crippen molar-refractivity contribution < 1.29 is 9.13 Å². The predicted molar refractivity (Wildman–Crippen MR) is 99.4 cm³/mol. The number of imidazole rings is 1. The van der Waals surface area contributed by atoms with E-state index in [2.05, 4.69) is 14.9 Å². The van der Waals surface area contributed by atoms with Gasteiger partial charge >= 0.3 is 0 Å². The van der Waals surface area contributed by atoms with E-state index in [1.807, 2.05) is 36.4 Å². The monoisotopic (exact) mass is 371 g/mol. The highest BCUT2D eigenvalue weighted by Gasteiger charge is 2.27. The van der Waals surface area contributed by atoms with Crippen LogP contribution in [-0.4, -0.2) is 34.6 Å². The summed E-state index contributed by atoms with van der Waals surface area (Å²) < 4.78 is 19.7. The van der Waals surface area contributed by atoms with E-state index in [4.69, 9.17) is 16.3 Å². The first-order valence-corrected chi connectivity index (χ1v) is 8.94. The maximum atomic E-state index is 14.0. The molecule has 0 radical (unpaired) electrons. The summed E-state index contributed by atoms with van der Waals surface area (Å²) in [5.74, 6) is 0.632. The van der Waals surface area contributed by atoms with Gasteiger partial charge in [-0.2, -0.15) is 0 Å². The minimum Gasteiger partial charge on any atom is -0.378 e. The van der Waals surface area contributed by atoms with E-state index in [1.165, 1.54) is 6.07 Å². The number of aromatic amines is 1. The molecule has 1 atom stereocenters. The smallest absolute Gasteiger partial charge is 0.127 e. The molecule has 1 aliphatic rings. The molecule has 1 aliphatic heterocycles. The molecule has 0 amide bonds. The molecule has 0 bridgehead atoms. The van der Waals surface area contributed by atoms with E-state index < -0.39 is 0 Å². The molecule has 6 heteroatoms. The molecule has 26 heavy (non-hydrogen) atoms. The molecule has 2 heterocycles. The highest BCUT2D eigenvalue weighted by molar-refractivity contribution is 6.30. The quantitative estimate of drug-likeness (QED) is 0.737. The van der Waals surface area contributed by atoms with Crippen molar-refractivity contribution in [1.29, 1.82) is 0 Å². The molecule has 0 aliphatic carbocycles. The van der Waals surface area contributed by atoms with Crippen molar-refractivity contribution in [2.75, 3.05) is 19.8 Å². The Morgan fingerprint density at radius 3 is 2.96 bits per heavy atom. The van der Waals surface area contributed by atoms with Crippen LogP contribution in [0.25, 0.3) is 11.3 Å². The van der Waals surface area contributed by atoms with Gasteiger partial charge in [0.1, 0.15) is 11.6 Å². The van der Waals surface area contributed by atoms with Crippen LogP contribution < -0.4 is 0 Å². The molecule has 1 N–H and O–H groups in total. The molecule has 1 saturated heterocycles. The molecule has 4 rings (SSSR count). The zero-order chi connectivity index (χ0) is 17.9. The number of H-pyrrole nitrogens is 1. The minimum absolute atomic E-state index is 0.0451. The molecule has 4 nitrogen and oxygen atoms in total. The van der Waals surface area contributed by atoms with E-state index in [9.17, 15) is 4.39 Å². The highest BCUT2D eigenvalue weighted by Crippen LogP contribution is 2.27. The van der Waals surface area contributed by atoms with Crippen LogP contribution in [0.1, 0.15) is 17.4 Å². The Morgan fingerprint density at radius 2 is 2.12 bits per heavy atom. The third-order valence-electron chi connectivity index (χ3n) is 4.62. The lowest BCUT2D eigenvalue weighted by atomic mass is 10.1. The predicted octanol–water partition coefficient (Wildman–Crippen LogP) is 4.44. The van der Waals surface area contributed by atoms with Gasteiger partial charge in [0.2, 0.25) is 0 Å². The maximum absolute atomic E-state index is 14.0. The zero-order valence-corrected chi connectivity index (χ0v) is 14.9. The fourth-order valence-corrected chi connectivity index (χ4v) is 3.42. The first-order chi connectivity index (χ1) is 12.7. The summed E-state index contributed by atoms with van der Waals surface area (Å²) in [6.07, 6.45) is 1.80. The largest absolute Gasteiger partial charge is 0.378 e. The Morgan fingerprint density at radius 1 is 1.23 bits per heavy atom. The fraction of sp³-hybridized carbons (Fsp3) is 0.250. The van der Waals surface area contributed by atoms with Crippen molar-refractivity contribution in [1.82, 2.24) is 14.9 Å². The van der Waals surface area contributed by atoms with Gasteiger partial charge in [-0.25, -0.2) is 9.37 Å². The van der Waals surface area contributed by atoms with Crippen LogP contribution in [0.15, 0.2) is 54.7 Å². The number of hydrogen-bond donors (Lipinski definition) is 1. The second kappa shape index (κ2) is 7.58. The molecule has 1 aromatic heterocycles. The molecule has 0 spiro atoms. The third kappa shape index (κ3) is 3.65. The molecule has 3 aromatic rings. The SMILES string of the molecule is Fc1ccccc1CN1CCOC[C@H]1c1ncc(-c2cccc(Cl)c2)[nH]1. The molecular formula is C20H19ClFN3O. The van der Waals surface area contributed by atoms with Crippen LogP contribution >= 0.6 is 11.6 Å². The lowest BCUT2D eigenvalue weighted by Gasteiger charge is -2.34. The number of nitrogens with zero attached hydrogens (tertiary/aromatic N) is 2. The average molecular weight is 372 g/mol. The number of benzene rings is 2. The molecule has 1 fully saturated rings. The Labute approximate surface area is 156 Å².